The molecule has 2 nitrogen and oxygen atoms in total. The number of nitrogens with zero attached hydrogens (tertiary/aromatic N) is 1. The van der Waals surface area contributed by atoms with Gasteiger partial charge in [-0.2, -0.15) is 0 Å². The molecule has 1 saturated heterocycles. The van der Waals surface area contributed by atoms with E-state index in [2.05, 4.69) is 31.1 Å². The number of hydrogen-bond acceptors (Lipinski definition) is 2. The van der Waals surface area contributed by atoms with Gasteiger partial charge in [0.15, 0.2) is 5.17 Å². The lowest BCUT2D eigenvalue weighted by molar-refractivity contribution is 0.290. The van der Waals surface area contributed by atoms with E-state index in [1.54, 1.807) is 23.9 Å². The molecule has 0 spiro atoms. The molecular formula is C15H21FN2S. The number of rotatable bonds is 2. The smallest absolute Gasteiger partial charge is 0.157 e. The van der Waals surface area contributed by atoms with Gasteiger partial charge in [0, 0.05) is 11.8 Å². The topological polar surface area (TPSA) is 24.4 Å². The maximum Gasteiger partial charge on any atom is 0.157 e. The van der Waals surface area contributed by atoms with Gasteiger partial charge in [-0.15, -0.1) is 0 Å². The average Bonchev–Trinajstić information content (AvgIpc) is 2.36. The van der Waals surface area contributed by atoms with E-state index in [0.717, 1.165) is 22.9 Å². The van der Waals surface area contributed by atoms with E-state index in [4.69, 9.17) is 0 Å². The highest BCUT2D eigenvalue weighted by Gasteiger charge is 2.28. The van der Waals surface area contributed by atoms with Crippen molar-refractivity contribution in [1.29, 1.82) is 0 Å². The summed E-state index contributed by atoms with van der Waals surface area (Å²) in [4.78, 5) is 4.56. The second-order valence-electron chi connectivity index (χ2n) is 5.95. The van der Waals surface area contributed by atoms with Crippen LogP contribution in [0.1, 0.15) is 32.8 Å². The Kier molecular flexibility index (Phi) is 4.50. The third-order valence-corrected chi connectivity index (χ3v) is 4.24. The van der Waals surface area contributed by atoms with E-state index in [-0.39, 0.29) is 11.2 Å². The lowest BCUT2D eigenvalue weighted by Crippen LogP contribution is -2.46. The van der Waals surface area contributed by atoms with Gasteiger partial charge in [0.1, 0.15) is 5.82 Å². The Labute approximate surface area is 118 Å². The highest BCUT2D eigenvalue weighted by Crippen LogP contribution is 2.27. The van der Waals surface area contributed by atoms with Gasteiger partial charge in [-0.25, -0.2) is 4.39 Å². The zero-order valence-corrected chi connectivity index (χ0v) is 12.6. The van der Waals surface area contributed by atoms with Crippen LogP contribution in [-0.2, 0) is 6.54 Å². The predicted molar refractivity (Wildman–Crippen MR) is 81.0 cm³/mol. The summed E-state index contributed by atoms with van der Waals surface area (Å²) in [5.41, 5.74) is 1.15. The molecule has 0 amide bonds. The Bertz CT molecular complexity index is 465. The van der Waals surface area contributed by atoms with Crippen LogP contribution >= 0.6 is 11.8 Å². The molecular weight excluding hydrogens is 259 g/mol. The van der Waals surface area contributed by atoms with Crippen molar-refractivity contribution in [3.05, 3.63) is 35.6 Å². The summed E-state index contributed by atoms with van der Waals surface area (Å²) in [6.45, 7) is 7.25. The lowest BCUT2D eigenvalue weighted by Gasteiger charge is -2.35. The molecule has 2 rings (SSSR count). The van der Waals surface area contributed by atoms with Crippen LogP contribution < -0.4 is 5.32 Å². The number of amidine groups is 1. The molecule has 1 heterocycles. The molecule has 1 aliphatic rings. The van der Waals surface area contributed by atoms with Crippen molar-refractivity contribution < 1.29 is 4.39 Å². The van der Waals surface area contributed by atoms with Crippen molar-refractivity contribution in [3.63, 3.8) is 0 Å². The van der Waals surface area contributed by atoms with Crippen LogP contribution in [0.15, 0.2) is 29.3 Å². The second kappa shape index (κ2) is 5.95. The van der Waals surface area contributed by atoms with Crippen LogP contribution in [-0.4, -0.2) is 17.0 Å². The summed E-state index contributed by atoms with van der Waals surface area (Å²) in [7, 11) is 0. The number of halogens is 1. The fraction of sp³-hybridized carbons (Fsp3) is 0.533. The molecule has 0 radical (unpaired) electrons. The van der Waals surface area contributed by atoms with Crippen molar-refractivity contribution >= 4 is 16.9 Å². The first-order valence-electron chi connectivity index (χ1n) is 6.63. The van der Waals surface area contributed by atoms with E-state index in [9.17, 15) is 4.39 Å². The van der Waals surface area contributed by atoms with Gasteiger partial charge >= 0.3 is 0 Å². The monoisotopic (exact) mass is 280 g/mol. The minimum absolute atomic E-state index is 0.200. The Morgan fingerprint density at radius 3 is 2.89 bits per heavy atom. The van der Waals surface area contributed by atoms with Gasteiger partial charge in [0.25, 0.3) is 0 Å². The molecule has 1 atom stereocenters. The summed E-state index contributed by atoms with van der Waals surface area (Å²) in [6, 6.07) is 7.09. The molecule has 0 saturated carbocycles. The van der Waals surface area contributed by atoms with Crippen LogP contribution in [0.4, 0.5) is 4.39 Å². The molecule has 0 aliphatic carbocycles. The second-order valence-corrected chi connectivity index (χ2v) is 7.04. The van der Waals surface area contributed by atoms with Crippen molar-refractivity contribution in [2.24, 2.45) is 10.4 Å². The fourth-order valence-corrected chi connectivity index (χ4v) is 3.00. The normalized spacial score (nSPS) is 22.3. The first-order valence-corrected chi connectivity index (χ1v) is 7.62. The number of nitrogens with one attached hydrogen (secondary N) is 1. The van der Waals surface area contributed by atoms with Gasteiger partial charge in [-0.05, 0) is 29.5 Å². The molecule has 0 aromatic heterocycles. The van der Waals surface area contributed by atoms with Gasteiger partial charge in [0.05, 0.1) is 6.54 Å². The maximum atomic E-state index is 13.1. The molecule has 104 valence electrons. The predicted octanol–water partition coefficient (Wildman–Crippen LogP) is 3.82. The third kappa shape index (κ3) is 4.23. The summed E-state index contributed by atoms with van der Waals surface area (Å²) in [5, 5.41) is 4.48. The Morgan fingerprint density at radius 1 is 1.42 bits per heavy atom. The van der Waals surface area contributed by atoms with E-state index in [1.165, 1.54) is 6.07 Å². The standard InChI is InChI=1S/C15H21FN2S/c1-15(2,3)13-7-8-19-14(18-13)17-10-11-5-4-6-12(16)9-11/h4-6,9,13H,7-8,10H2,1-3H3,(H,17,18). The van der Waals surface area contributed by atoms with Crippen LogP contribution in [0.25, 0.3) is 0 Å². The molecule has 0 bridgehead atoms. The molecule has 19 heavy (non-hydrogen) atoms. The van der Waals surface area contributed by atoms with Gasteiger partial charge < -0.3 is 5.32 Å². The van der Waals surface area contributed by atoms with Crippen LogP contribution in [0.2, 0.25) is 0 Å². The van der Waals surface area contributed by atoms with E-state index >= 15 is 0 Å². The molecule has 1 fully saturated rings. The zero-order valence-electron chi connectivity index (χ0n) is 11.7. The zero-order chi connectivity index (χ0) is 13.9. The number of aliphatic imine (C=N–C) groups is 1. The van der Waals surface area contributed by atoms with E-state index in [0.29, 0.717) is 12.6 Å². The highest BCUT2D eigenvalue weighted by molar-refractivity contribution is 8.13. The Balaban J connectivity index is 1.99. The van der Waals surface area contributed by atoms with Crippen LogP contribution in [0.3, 0.4) is 0 Å². The Hall–Kier alpha value is -1.03. The number of hydrogen-bond donors (Lipinski definition) is 1. The van der Waals surface area contributed by atoms with E-state index < -0.39 is 0 Å². The first kappa shape index (κ1) is 14.4. The van der Waals surface area contributed by atoms with Crippen molar-refractivity contribution in [2.45, 2.75) is 39.8 Å². The summed E-state index contributed by atoms with van der Waals surface area (Å²) < 4.78 is 13.1. The van der Waals surface area contributed by atoms with Crippen molar-refractivity contribution in [2.75, 3.05) is 5.75 Å². The minimum atomic E-state index is -0.200. The SMILES string of the molecule is CC(C)(C)C1CCSC(=NCc2cccc(F)c2)N1. The highest BCUT2D eigenvalue weighted by atomic mass is 32.2. The maximum absolute atomic E-state index is 13.1. The fourth-order valence-electron chi connectivity index (χ4n) is 2.08. The third-order valence-electron chi connectivity index (χ3n) is 3.28. The number of benzene rings is 1. The molecule has 1 aliphatic heterocycles. The summed E-state index contributed by atoms with van der Waals surface area (Å²) in [5.74, 6) is 0.895. The first-order chi connectivity index (χ1) is 8.95. The Morgan fingerprint density at radius 2 is 2.21 bits per heavy atom. The largest absolute Gasteiger partial charge is 0.362 e. The summed E-state index contributed by atoms with van der Waals surface area (Å²) in [6.07, 6.45) is 1.16. The summed E-state index contributed by atoms with van der Waals surface area (Å²) >= 11 is 1.75. The van der Waals surface area contributed by atoms with E-state index in [1.807, 2.05) is 6.07 Å². The minimum Gasteiger partial charge on any atom is -0.362 e. The molecule has 1 aromatic carbocycles. The van der Waals surface area contributed by atoms with Crippen LogP contribution in [0, 0.1) is 11.2 Å². The van der Waals surface area contributed by atoms with Gasteiger partial charge in [-0.3, -0.25) is 4.99 Å². The molecule has 4 heteroatoms. The molecule has 1 aromatic rings. The average molecular weight is 280 g/mol. The van der Waals surface area contributed by atoms with Crippen LogP contribution in [0.5, 0.6) is 0 Å². The molecule has 1 unspecified atom stereocenters. The van der Waals surface area contributed by atoms with Gasteiger partial charge in [-0.1, -0.05) is 44.7 Å². The van der Waals surface area contributed by atoms with Gasteiger partial charge in [0.2, 0.25) is 0 Å². The quantitative estimate of drug-likeness (QED) is 0.890. The lowest BCUT2D eigenvalue weighted by atomic mass is 9.85. The number of thioether (sulfide) groups is 1. The van der Waals surface area contributed by atoms with Crippen molar-refractivity contribution in [1.82, 2.24) is 5.32 Å². The van der Waals surface area contributed by atoms with Crippen molar-refractivity contribution in [3.8, 4) is 0 Å². The molecule has 1 N–H and O–H groups in total.